The van der Waals surface area contributed by atoms with Gasteiger partial charge in [0.15, 0.2) is 10.2 Å². The Morgan fingerprint density at radius 2 is 1.97 bits per heavy atom. The zero-order valence-corrected chi connectivity index (χ0v) is 20.5. The largest absolute Gasteiger partial charge is 0.480 e. The normalized spacial score (nSPS) is 16.2. The van der Waals surface area contributed by atoms with Crippen LogP contribution in [0.5, 0.6) is 0 Å². The van der Waals surface area contributed by atoms with Crippen LogP contribution < -0.4 is 21.5 Å². The molecule has 2 heterocycles. The number of aliphatic carboxylic acids is 1. The number of hydrogen-bond acceptors (Lipinski definition) is 9. The second-order valence-electron chi connectivity index (χ2n) is 7.68. The standard InChI is InChI=1S/C20H25N7O6S2/c1-10-19(34-11(2)24-10)35(31,32)27-16(18(29)30)9-23-17(28)8-14-7-15(26-33-14)12-3-5-13(6-4-12)25-20(21)22/h3-6,14,16,27H,7-9H2,1-2H3,(H,23,28)(H,29,30)(H4,21,22,25)/t14-,16-/m0/s1. The average Bonchev–Trinajstić information content (AvgIpc) is 3.37. The van der Waals surface area contributed by atoms with Crippen LogP contribution in [-0.4, -0.2) is 60.7 Å². The molecule has 2 atom stereocenters. The fraction of sp³-hybridized carbons (Fsp3) is 0.350. The smallest absolute Gasteiger partial charge is 0.323 e. The monoisotopic (exact) mass is 523 g/mol. The van der Waals surface area contributed by atoms with Gasteiger partial charge >= 0.3 is 5.97 Å². The van der Waals surface area contributed by atoms with Gasteiger partial charge in [0.05, 0.1) is 28.5 Å². The lowest BCUT2D eigenvalue weighted by Gasteiger charge is -2.16. The SMILES string of the molecule is Cc1nc(C)c(S(=O)(=O)N[C@@H](CNC(=O)C[C@@H]2CC(c3ccc(N=C(N)N)cc3)=NO2)C(=O)O)s1. The van der Waals surface area contributed by atoms with Gasteiger partial charge in [-0.05, 0) is 31.5 Å². The Morgan fingerprint density at radius 1 is 1.29 bits per heavy atom. The molecular formula is C20H25N7O6S2. The highest BCUT2D eigenvalue weighted by Crippen LogP contribution is 2.23. The highest BCUT2D eigenvalue weighted by atomic mass is 32.2. The molecule has 0 bridgehead atoms. The summed E-state index contributed by atoms with van der Waals surface area (Å²) in [4.78, 5) is 37.2. The third-order valence-corrected chi connectivity index (χ3v) is 7.96. The predicted octanol–water partition coefficient (Wildman–Crippen LogP) is 0.0958. The second-order valence-corrected chi connectivity index (χ2v) is 10.8. The van der Waals surface area contributed by atoms with E-state index in [0.29, 0.717) is 22.8 Å². The maximum absolute atomic E-state index is 12.6. The van der Waals surface area contributed by atoms with Crippen molar-refractivity contribution >= 4 is 50.6 Å². The van der Waals surface area contributed by atoms with Crippen molar-refractivity contribution in [2.75, 3.05) is 6.54 Å². The number of carboxylic acids is 1. The number of carbonyl (C=O) groups is 2. The number of nitrogens with two attached hydrogens (primary N) is 2. The average molecular weight is 524 g/mol. The first-order chi connectivity index (χ1) is 16.4. The molecule has 13 nitrogen and oxygen atoms in total. The lowest BCUT2D eigenvalue weighted by atomic mass is 10.0. The summed E-state index contributed by atoms with van der Waals surface area (Å²) in [6.07, 6.45) is -0.287. The quantitative estimate of drug-likeness (QED) is 0.211. The highest BCUT2D eigenvalue weighted by molar-refractivity contribution is 7.91. The van der Waals surface area contributed by atoms with Crippen molar-refractivity contribution in [3.63, 3.8) is 0 Å². The number of aliphatic imine (C=N–C) groups is 1. The molecule has 3 rings (SSSR count). The number of rotatable bonds is 10. The highest BCUT2D eigenvalue weighted by Gasteiger charge is 2.30. The molecule has 188 valence electrons. The van der Waals surface area contributed by atoms with Crippen LogP contribution >= 0.6 is 11.3 Å². The van der Waals surface area contributed by atoms with Gasteiger partial charge in [0.2, 0.25) is 5.91 Å². The first-order valence-corrected chi connectivity index (χ1v) is 12.6. The van der Waals surface area contributed by atoms with Gasteiger partial charge in [-0.3, -0.25) is 9.59 Å². The Hall–Kier alpha value is -3.56. The lowest BCUT2D eigenvalue weighted by molar-refractivity contribution is -0.138. The molecule has 1 aliphatic rings. The molecule has 0 unspecified atom stereocenters. The molecule has 1 aromatic heterocycles. The number of nitrogens with zero attached hydrogens (tertiary/aromatic N) is 3. The Kier molecular flexibility index (Phi) is 8.03. The number of aromatic nitrogens is 1. The summed E-state index contributed by atoms with van der Waals surface area (Å²) < 4.78 is 27.2. The number of aryl methyl sites for hydroxylation is 2. The molecular weight excluding hydrogens is 498 g/mol. The molecule has 35 heavy (non-hydrogen) atoms. The van der Waals surface area contributed by atoms with E-state index in [1.54, 1.807) is 31.2 Å². The number of benzene rings is 1. The van der Waals surface area contributed by atoms with Gasteiger partial charge in [0.25, 0.3) is 10.0 Å². The Morgan fingerprint density at radius 3 is 2.54 bits per heavy atom. The maximum Gasteiger partial charge on any atom is 0.323 e. The molecule has 1 aliphatic heterocycles. The first kappa shape index (κ1) is 26.1. The Bertz CT molecular complexity index is 1270. The fourth-order valence-electron chi connectivity index (χ4n) is 3.26. The number of nitrogens with one attached hydrogen (secondary N) is 2. The summed E-state index contributed by atoms with van der Waals surface area (Å²) in [5, 5.41) is 16.4. The number of hydrogen-bond donors (Lipinski definition) is 5. The fourth-order valence-corrected chi connectivity index (χ4v) is 5.95. The van der Waals surface area contributed by atoms with Crippen molar-refractivity contribution in [2.24, 2.45) is 21.6 Å². The molecule has 0 saturated heterocycles. The molecule has 0 saturated carbocycles. The van der Waals surface area contributed by atoms with Gasteiger partial charge in [-0.1, -0.05) is 17.3 Å². The number of carboxylic acid groups (broad SMARTS) is 1. The van der Waals surface area contributed by atoms with Crippen LogP contribution in [0.1, 0.15) is 29.1 Å². The van der Waals surface area contributed by atoms with E-state index in [1.165, 1.54) is 6.92 Å². The van der Waals surface area contributed by atoms with Crippen LogP contribution in [0, 0.1) is 13.8 Å². The van der Waals surface area contributed by atoms with E-state index >= 15 is 0 Å². The van der Waals surface area contributed by atoms with Crippen LogP contribution in [0.2, 0.25) is 0 Å². The molecule has 2 aromatic rings. The number of sulfonamides is 1. The summed E-state index contributed by atoms with van der Waals surface area (Å²) in [5.74, 6) is -2.00. The van der Waals surface area contributed by atoms with Crippen molar-refractivity contribution in [2.45, 2.75) is 43.0 Å². The molecule has 1 aromatic carbocycles. The minimum absolute atomic E-state index is 0.0583. The molecule has 0 fully saturated rings. The van der Waals surface area contributed by atoms with Gasteiger partial charge in [-0.25, -0.2) is 18.4 Å². The summed E-state index contributed by atoms with van der Waals surface area (Å²) in [7, 11) is -4.12. The summed E-state index contributed by atoms with van der Waals surface area (Å²) in [5.41, 5.74) is 13.0. The van der Waals surface area contributed by atoms with Crippen molar-refractivity contribution in [3.8, 4) is 0 Å². The molecule has 0 spiro atoms. The zero-order chi connectivity index (χ0) is 25.8. The number of carbonyl (C=O) groups excluding carboxylic acids is 1. The van der Waals surface area contributed by atoms with Crippen LogP contribution in [-0.2, 0) is 24.4 Å². The number of oxime groups is 1. The lowest BCUT2D eigenvalue weighted by Crippen LogP contribution is -2.48. The molecule has 15 heteroatoms. The van der Waals surface area contributed by atoms with Crippen LogP contribution in [0.3, 0.4) is 0 Å². The van der Waals surface area contributed by atoms with Crippen LogP contribution in [0.15, 0.2) is 38.6 Å². The van der Waals surface area contributed by atoms with Gasteiger partial charge < -0.3 is 26.7 Å². The van der Waals surface area contributed by atoms with E-state index in [9.17, 15) is 23.1 Å². The minimum atomic E-state index is -4.12. The van der Waals surface area contributed by atoms with E-state index in [4.69, 9.17) is 16.3 Å². The van der Waals surface area contributed by atoms with Crippen molar-refractivity contribution in [1.82, 2.24) is 15.0 Å². The Labute approximate surface area is 205 Å². The van der Waals surface area contributed by atoms with Crippen molar-refractivity contribution in [3.05, 3.63) is 40.5 Å². The van der Waals surface area contributed by atoms with Gasteiger partial charge in [0, 0.05) is 13.0 Å². The predicted molar refractivity (Wildman–Crippen MR) is 129 cm³/mol. The van der Waals surface area contributed by atoms with Gasteiger partial charge in [0.1, 0.15) is 12.1 Å². The third kappa shape index (κ3) is 6.97. The number of guanidine groups is 1. The number of thiazole rings is 1. The second kappa shape index (κ2) is 10.8. The first-order valence-electron chi connectivity index (χ1n) is 10.3. The summed E-state index contributed by atoms with van der Waals surface area (Å²) >= 11 is 0.934. The van der Waals surface area contributed by atoms with E-state index < -0.39 is 40.6 Å². The number of amides is 1. The molecule has 7 N–H and O–H groups in total. The van der Waals surface area contributed by atoms with Crippen molar-refractivity contribution in [1.29, 1.82) is 0 Å². The van der Waals surface area contributed by atoms with E-state index in [-0.39, 0.29) is 22.3 Å². The van der Waals surface area contributed by atoms with Crippen LogP contribution in [0.4, 0.5) is 5.69 Å². The molecule has 0 radical (unpaired) electrons. The Balaban J connectivity index is 1.52. The topological polar surface area (TPSA) is 211 Å². The van der Waals surface area contributed by atoms with Gasteiger partial charge in [-0.2, -0.15) is 4.72 Å². The van der Waals surface area contributed by atoms with E-state index in [1.807, 2.05) is 0 Å². The molecule has 1 amide bonds. The third-order valence-electron chi connectivity index (χ3n) is 4.81. The van der Waals surface area contributed by atoms with E-state index in [2.05, 4.69) is 25.2 Å². The van der Waals surface area contributed by atoms with Gasteiger partial charge in [-0.15, -0.1) is 11.3 Å². The molecule has 0 aliphatic carbocycles. The van der Waals surface area contributed by atoms with E-state index in [0.717, 1.165) is 16.9 Å². The van der Waals surface area contributed by atoms with Crippen LogP contribution in [0.25, 0.3) is 0 Å². The minimum Gasteiger partial charge on any atom is -0.480 e. The summed E-state index contributed by atoms with van der Waals surface area (Å²) in [6.45, 7) is 2.72. The van der Waals surface area contributed by atoms with Crippen molar-refractivity contribution < 1.29 is 28.0 Å². The summed E-state index contributed by atoms with van der Waals surface area (Å²) in [6, 6.07) is 5.38. The maximum atomic E-state index is 12.6. The zero-order valence-electron chi connectivity index (χ0n) is 18.9.